The minimum Gasteiger partial charge on any atom is -0.491 e. The van der Waals surface area contributed by atoms with Gasteiger partial charge in [0.25, 0.3) is 0 Å². The van der Waals surface area contributed by atoms with Crippen molar-refractivity contribution in [2.24, 2.45) is 0 Å². The monoisotopic (exact) mass is 272 g/mol. The molecular weight excluding hydrogens is 252 g/mol. The lowest BCUT2D eigenvalue weighted by atomic mass is 10.1. The Balaban J connectivity index is 2.96. The first-order valence-corrected chi connectivity index (χ1v) is 7.81. The third kappa shape index (κ3) is 3.99. The van der Waals surface area contributed by atoms with Crippen LogP contribution in [0.1, 0.15) is 32.4 Å². The van der Waals surface area contributed by atoms with Gasteiger partial charge in [0.2, 0.25) is 0 Å². The topological polar surface area (TPSA) is 63.6 Å². The maximum atomic E-state index is 11.4. The highest BCUT2D eigenvalue weighted by molar-refractivity contribution is 7.91. The van der Waals surface area contributed by atoms with Gasteiger partial charge >= 0.3 is 0 Å². The molecule has 0 radical (unpaired) electrons. The van der Waals surface area contributed by atoms with Crippen molar-refractivity contribution in [2.75, 3.05) is 6.26 Å². The molecule has 0 spiro atoms. The third-order valence-electron chi connectivity index (χ3n) is 2.69. The van der Waals surface area contributed by atoms with Crippen LogP contribution in [-0.4, -0.2) is 31.1 Å². The van der Waals surface area contributed by atoms with Crippen LogP contribution in [0.2, 0.25) is 0 Å². The Morgan fingerprint density at radius 3 is 2.33 bits per heavy atom. The van der Waals surface area contributed by atoms with Crippen LogP contribution in [0.15, 0.2) is 24.3 Å². The zero-order valence-electron chi connectivity index (χ0n) is 11.1. The number of ether oxygens (including phenoxy) is 1. The Kier molecular flexibility index (Phi) is 4.76. The van der Waals surface area contributed by atoms with Gasteiger partial charge in [0, 0.05) is 6.26 Å². The van der Waals surface area contributed by atoms with E-state index >= 15 is 0 Å². The van der Waals surface area contributed by atoms with E-state index in [9.17, 15) is 13.5 Å². The molecule has 0 bridgehead atoms. The van der Waals surface area contributed by atoms with Crippen molar-refractivity contribution in [2.45, 2.75) is 38.2 Å². The molecule has 2 atom stereocenters. The van der Waals surface area contributed by atoms with Crippen LogP contribution in [0.3, 0.4) is 0 Å². The van der Waals surface area contributed by atoms with Crippen LogP contribution in [0.25, 0.3) is 0 Å². The fourth-order valence-corrected chi connectivity index (χ4v) is 2.17. The standard InChI is InChI=1S/C13H20O4S/c1-9(2)17-12-7-5-6-11(8-12)13(14)10(3)18(4,15)16/h5-10,13-14H,1-4H3. The molecule has 1 rings (SSSR count). The number of hydrogen-bond donors (Lipinski definition) is 1. The minimum atomic E-state index is -3.28. The van der Waals surface area contributed by atoms with Crippen molar-refractivity contribution in [1.29, 1.82) is 0 Å². The number of aliphatic hydroxyl groups excluding tert-OH is 1. The number of benzene rings is 1. The highest BCUT2D eigenvalue weighted by Gasteiger charge is 2.25. The molecule has 0 aliphatic carbocycles. The van der Waals surface area contributed by atoms with Gasteiger partial charge in [-0.2, -0.15) is 0 Å². The molecule has 0 aromatic heterocycles. The first-order chi connectivity index (χ1) is 8.21. The van der Waals surface area contributed by atoms with Crippen molar-refractivity contribution >= 4 is 9.84 Å². The second kappa shape index (κ2) is 5.71. The first kappa shape index (κ1) is 15.0. The molecule has 1 N–H and O–H groups in total. The van der Waals surface area contributed by atoms with Crippen molar-refractivity contribution < 1.29 is 18.3 Å². The Morgan fingerprint density at radius 2 is 1.83 bits per heavy atom. The summed E-state index contributed by atoms with van der Waals surface area (Å²) in [6, 6.07) is 6.89. The number of rotatable bonds is 5. The Hall–Kier alpha value is -1.07. The maximum absolute atomic E-state index is 11.4. The van der Waals surface area contributed by atoms with E-state index in [1.165, 1.54) is 6.92 Å². The van der Waals surface area contributed by atoms with E-state index in [0.29, 0.717) is 11.3 Å². The fraction of sp³-hybridized carbons (Fsp3) is 0.538. The lowest BCUT2D eigenvalue weighted by Crippen LogP contribution is -2.24. The molecule has 18 heavy (non-hydrogen) atoms. The van der Waals surface area contributed by atoms with Gasteiger partial charge in [-0.25, -0.2) is 8.42 Å². The summed E-state index contributed by atoms with van der Waals surface area (Å²) in [6.45, 7) is 5.31. The highest BCUT2D eigenvalue weighted by atomic mass is 32.2. The van der Waals surface area contributed by atoms with Crippen LogP contribution < -0.4 is 4.74 Å². The van der Waals surface area contributed by atoms with Crippen LogP contribution in [0, 0.1) is 0 Å². The number of sulfone groups is 1. The van der Waals surface area contributed by atoms with E-state index in [1.807, 2.05) is 13.8 Å². The van der Waals surface area contributed by atoms with E-state index in [4.69, 9.17) is 4.74 Å². The van der Waals surface area contributed by atoms with Crippen molar-refractivity contribution in [3.8, 4) is 5.75 Å². The van der Waals surface area contributed by atoms with Gasteiger partial charge in [0.15, 0.2) is 9.84 Å². The van der Waals surface area contributed by atoms with Crippen LogP contribution in [-0.2, 0) is 9.84 Å². The second-order valence-corrected chi connectivity index (χ2v) is 7.12. The zero-order valence-corrected chi connectivity index (χ0v) is 11.9. The third-order valence-corrected chi connectivity index (χ3v) is 4.30. The molecule has 0 fully saturated rings. The molecule has 102 valence electrons. The van der Waals surface area contributed by atoms with Gasteiger partial charge in [-0.3, -0.25) is 0 Å². The largest absolute Gasteiger partial charge is 0.491 e. The van der Waals surface area contributed by atoms with Crippen molar-refractivity contribution in [1.82, 2.24) is 0 Å². The summed E-state index contributed by atoms with van der Waals surface area (Å²) >= 11 is 0. The Labute approximate surface area is 109 Å². The quantitative estimate of drug-likeness (QED) is 0.889. The summed E-state index contributed by atoms with van der Waals surface area (Å²) in [5, 5.41) is 9.21. The summed E-state index contributed by atoms with van der Waals surface area (Å²) in [7, 11) is -3.28. The molecule has 4 nitrogen and oxygen atoms in total. The minimum absolute atomic E-state index is 0.0322. The van der Waals surface area contributed by atoms with Gasteiger partial charge in [0.1, 0.15) is 5.75 Å². The van der Waals surface area contributed by atoms with Crippen LogP contribution in [0.5, 0.6) is 5.75 Å². The summed E-state index contributed by atoms with van der Waals surface area (Å²) in [6.07, 6.45) is 0.107. The Morgan fingerprint density at radius 1 is 1.22 bits per heavy atom. The molecule has 0 heterocycles. The molecule has 0 aliphatic rings. The first-order valence-electron chi connectivity index (χ1n) is 5.85. The molecule has 1 aromatic carbocycles. The van der Waals surface area contributed by atoms with Crippen molar-refractivity contribution in [3.05, 3.63) is 29.8 Å². The fourth-order valence-electron chi connectivity index (χ4n) is 1.55. The second-order valence-electron chi connectivity index (χ2n) is 4.72. The maximum Gasteiger partial charge on any atom is 0.152 e. The average Bonchev–Trinajstić information content (AvgIpc) is 2.25. The van der Waals surface area contributed by atoms with Gasteiger partial charge in [0.05, 0.1) is 17.5 Å². The molecule has 0 amide bonds. The van der Waals surface area contributed by atoms with Gasteiger partial charge in [-0.05, 0) is 38.5 Å². The van der Waals surface area contributed by atoms with E-state index < -0.39 is 21.2 Å². The van der Waals surface area contributed by atoms with Gasteiger partial charge in [-0.1, -0.05) is 12.1 Å². The molecule has 2 unspecified atom stereocenters. The average molecular weight is 272 g/mol. The highest BCUT2D eigenvalue weighted by Crippen LogP contribution is 2.25. The van der Waals surface area contributed by atoms with Crippen molar-refractivity contribution in [3.63, 3.8) is 0 Å². The van der Waals surface area contributed by atoms with Gasteiger partial charge in [-0.15, -0.1) is 0 Å². The predicted molar refractivity (Wildman–Crippen MR) is 71.5 cm³/mol. The SMILES string of the molecule is CC(C)Oc1cccc(C(O)C(C)S(C)(=O)=O)c1. The summed E-state index contributed by atoms with van der Waals surface area (Å²) in [4.78, 5) is 0. The lowest BCUT2D eigenvalue weighted by molar-refractivity contribution is 0.175. The smallest absolute Gasteiger partial charge is 0.152 e. The molecule has 1 aromatic rings. The molecule has 5 heteroatoms. The van der Waals surface area contributed by atoms with E-state index in [-0.39, 0.29) is 6.10 Å². The van der Waals surface area contributed by atoms with E-state index in [0.717, 1.165) is 6.26 Å². The molecule has 0 saturated carbocycles. The normalized spacial score (nSPS) is 15.4. The number of aliphatic hydroxyl groups is 1. The molecular formula is C13H20O4S. The number of hydrogen-bond acceptors (Lipinski definition) is 4. The summed E-state index contributed by atoms with van der Waals surface area (Å²) in [5.74, 6) is 0.627. The van der Waals surface area contributed by atoms with E-state index in [2.05, 4.69) is 0 Å². The van der Waals surface area contributed by atoms with Crippen LogP contribution >= 0.6 is 0 Å². The predicted octanol–water partition coefficient (Wildman–Crippen LogP) is 1.94. The molecule has 0 aliphatic heterocycles. The van der Waals surface area contributed by atoms with Gasteiger partial charge < -0.3 is 9.84 Å². The summed E-state index contributed by atoms with van der Waals surface area (Å²) in [5.41, 5.74) is 0.547. The Bertz CT molecular complexity index is 493. The van der Waals surface area contributed by atoms with E-state index in [1.54, 1.807) is 24.3 Å². The summed E-state index contributed by atoms with van der Waals surface area (Å²) < 4.78 is 28.3. The molecule has 0 saturated heterocycles. The zero-order chi connectivity index (χ0) is 13.9. The van der Waals surface area contributed by atoms with Crippen LogP contribution in [0.4, 0.5) is 0 Å². The lowest BCUT2D eigenvalue weighted by Gasteiger charge is -2.18.